The first-order valence-corrected chi connectivity index (χ1v) is 9.79. The first-order valence-electron chi connectivity index (χ1n) is 9.79. The molecule has 2 aromatic rings. The highest BCUT2D eigenvalue weighted by Crippen LogP contribution is 2.36. The monoisotopic (exact) mass is 366 g/mol. The van der Waals surface area contributed by atoms with Gasteiger partial charge in [0.05, 0.1) is 0 Å². The fourth-order valence-corrected chi connectivity index (χ4v) is 4.10. The summed E-state index contributed by atoms with van der Waals surface area (Å²) >= 11 is 0. The van der Waals surface area contributed by atoms with Crippen molar-refractivity contribution in [3.8, 4) is 11.5 Å². The van der Waals surface area contributed by atoms with E-state index in [1.54, 1.807) is 0 Å². The van der Waals surface area contributed by atoms with Gasteiger partial charge in [-0.3, -0.25) is 4.79 Å². The Morgan fingerprint density at radius 2 is 1.59 bits per heavy atom. The maximum atomic E-state index is 10.8. The molecule has 0 spiro atoms. The molecule has 0 unspecified atom stereocenters. The zero-order valence-corrected chi connectivity index (χ0v) is 15.8. The van der Waals surface area contributed by atoms with E-state index in [-0.39, 0.29) is 6.42 Å². The molecule has 0 amide bonds. The van der Waals surface area contributed by atoms with Crippen LogP contribution in [-0.2, 0) is 17.6 Å². The SMILES string of the molecule is CCN1CCc2ccc(Oc3ccc4c(c3)N(CCCC(=O)O)CC4)cc21. The van der Waals surface area contributed by atoms with Gasteiger partial charge in [0.15, 0.2) is 0 Å². The molecule has 2 aromatic carbocycles. The second-order valence-electron chi connectivity index (χ2n) is 7.25. The molecule has 0 aromatic heterocycles. The smallest absolute Gasteiger partial charge is 0.303 e. The predicted octanol–water partition coefficient (Wildman–Crippen LogP) is 4.09. The number of benzene rings is 2. The van der Waals surface area contributed by atoms with Crippen LogP contribution in [0.1, 0.15) is 30.9 Å². The minimum absolute atomic E-state index is 0.213. The Bertz CT molecular complexity index is 849. The zero-order chi connectivity index (χ0) is 18.8. The summed E-state index contributed by atoms with van der Waals surface area (Å²) in [5.41, 5.74) is 5.16. The van der Waals surface area contributed by atoms with Gasteiger partial charge < -0.3 is 19.6 Å². The second kappa shape index (κ2) is 7.51. The predicted molar refractivity (Wildman–Crippen MR) is 107 cm³/mol. The second-order valence-corrected chi connectivity index (χ2v) is 7.25. The Balaban J connectivity index is 1.49. The van der Waals surface area contributed by atoms with Crippen LogP contribution in [-0.4, -0.2) is 37.3 Å². The van der Waals surface area contributed by atoms with E-state index >= 15 is 0 Å². The molecule has 0 atom stereocenters. The summed E-state index contributed by atoms with van der Waals surface area (Å²) < 4.78 is 6.17. The maximum Gasteiger partial charge on any atom is 0.303 e. The Kier molecular flexibility index (Phi) is 4.92. The number of likely N-dealkylation sites (N-methyl/N-ethyl adjacent to an activating group) is 1. The number of carboxylic acid groups (broad SMARTS) is 1. The lowest BCUT2D eigenvalue weighted by atomic mass is 10.1. The maximum absolute atomic E-state index is 10.8. The van der Waals surface area contributed by atoms with Crippen molar-refractivity contribution >= 4 is 17.3 Å². The Morgan fingerprint density at radius 1 is 1.00 bits per heavy atom. The molecule has 0 bridgehead atoms. The Hall–Kier alpha value is -2.69. The van der Waals surface area contributed by atoms with Crippen molar-refractivity contribution in [2.24, 2.45) is 0 Å². The van der Waals surface area contributed by atoms with Crippen molar-refractivity contribution < 1.29 is 14.6 Å². The van der Waals surface area contributed by atoms with E-state index < -0.39 is 5.97 Å². The molecule has 5 heteroatoms. The molecule has 142 valence electrons. The topological polar surface area (TPSA) is 53.0 Å². The third kappa shape index (κ3) is 3.72. The molecule has 2 heterocycles. The lowest BCUT2D eigenvalue weighted by Gasteiger charge is -2.20. The van der Waals surface area contributed by atoms with Crippen LogP contribution in [0.5, 0.6) is 11.5 Å². The summed E-state index contributed by atoms with van der Waals surface area (Å²) in [5.74, 6) is 0.966. The van der Waals surface area contributed by atoms with Crippen molar-refractivity contribution in [1.29, 1.82) is 0 Å². The molecule has 2 aliphatic rings. The van der Waals surface area contributed by atoms with Crippen LogP contribution in [0, 0.1) is 0 Å². The number of ether oxygens (including phenoxy) is 1. The molecule has 2 aliphatic heterocycles. The van der Waals surface area contributed by atoms with Gasteiger partial charge in [-0.05, 0) is 49.4 Å². The van der Waals surface area contributed by atoms with E-state index in [4.69, 9.17) is 9.84 Å². The molecule has 4 rings (SSSR count). The number of aliphatic carboxylic acids is 1. The number of carboxylic acids is 1. The molecule has 27 heavy (non-hydrogen) atoms. The number of anilines is 2. The Labute approximate surface area is 160 Å². The first-order chi connectivity index (χ1) is 13.1. The summed E-state index contributed by atoms with van der Waals surface area (Å²) in [7, 11) is 0. The quantitative estimate of drug-likeness (QED) is 0.800. The zero-order valence-electron chi connectivity index (χ0n) is 15.8. The van der Waals surface area contributed by atoms with Crippen molar-refractivity contribution in [3.05, 3.63) is 47.5 Å². The van der Waals surface area contributed by atoms with E-state index in [9.17, 15) is 4.79 Å². The van der Waals surface area contributed by atoms with Crippen LogP contribution in [0.3, 0.4) is 0 Å². The van der Waals surface area contributed by atoms with Crippen molar-refractivity contribution in [2.45, 2.75) is 32.6 Å². The van der Waals surface area contributed by atoms with E-state index in [1.807, 2.05) is 6.07 Å². The van der Waals surface area contributed by atoms with Crippen molar-refractivity contribution in [2.75, 3.05) is 36.0 Å². The average molecular weight is 366 g/mol. The summed E-state index contributed by atoms with van der Waals surface area (Å²) in [6.45, 7) is 6.00. The minimum atomic E-state index is -0.732. The van der Waals surface area contributed by atoms with Crippen LogP contribution in [0.2, 0.25) is 0 Å². The van der Waals surface area contributed by atoms with Crippen molar-refractivity contribution in [1.82, 2.24) is 0 Å². The summed E-state index contributed by atoms with van der Waals surface area (Å²) in [6, 6.07) is 12.6. The number of carbonyl (C=O) groups is 1. The van der Waals surface area contributed by atoms with Crippen LogP contribution in [0.4, 0.5) is 11.4 Å². The molecular formula is C22H26N2O3. The lowest BCUT2D eigenvalue weighted by Crippen LogP contribution is -2.22. The fourth-order valence-electron chi connectivity index (χ4n) is 4.10. The van der Waals surface area contributed by atoms with E-state index in [1.165, 1.54) is 22.5 Å². The van der Waals surface area contributed by atoms with E-state index in [0.717, 1.165) is 50.5 Å². The molecule has 0 fully saturated rings. The number of hydrogen-bond acceptors (Lipinski definition) is 4. The van der Waals surface area contributed by atoms with Crippen molar-refractivity contribution in [3.63, 3.8) is 0 Å². The number of nitrogens with zero attached hydrogens (tertiary/aromatic N) is 2. The highest BCUT2D eigenvalue weighted by molar-refractivity contribution is 5.67. The number of hydrogen-bond donors (Lipinski definition) is 1. The van der Waals surface area contributed by atoms with Gasteiger partial charge in [-0.25, -0.2) is 0 Å². The third-order valence-corrected chi connectivity index (χ3v) is 5.53. The van der Waals surface area contributed by atoms with Gasteiger partial charge in [0.25, 0.3) is 0 Å². The van der Waals surface area contributed by atoms with E-state index in [2.05, 4.69) is 47.1 Å². The lowest BCUT2D eigenvalue weighted by molar-refractivity contribution is -0.137. The van der Waals surface area contributed by atoms with Gasteiger partial charge in [0.1, 0.15) is 11.5 Å². The first kappa shape index (κ1) is 17.7. The van der Waals surface area contributed by atoms with Gasteiger partial charge in [-0.2, -0.15) is 0 Å². The molecular weight excluding hydrogens is 340 g/mol. The summed E-state index contributed by atoms with van der Waals surface area (Å²) in [6.07, 6.45) is 2.99. The van der Waals surface area contributed by atoms with Gasteiger partial charge in [0, 0.05) is 56.1 Å². The van der Waals surface area contributed by atoms with Gasteiger partial charge >= 0.3 is 5.97 Å². The summed E-state index contributed by atoms with van der Waals surface area (Å²) in [5, 5.41) is 8.85. The molecule has 5 nitrogen and oxygen atoms in total. The molecule has 0 radical (unpaired) electrons. The van der Waals surface area contributed by atoms with E-state index in [0.29, 0.717) is 6.42 Å². The number of rotatable bonds is 7. The Morgan fingerprint density at radius 3 is 2.19 bits per heavy atom. The highest BCUT2D eigenvalue weighted by atomic mass is 16.5. The standard InChI is InChI=1S/C22H26N2O3/c1-2-23-12-9-16-5-7-18(14-20(16)23)27-19-8-6-17-10-13-24(21(17)15-19)11-3-4-22(25)26/h5-8,14-15H,2-4,9-13H2,1H3,(H,25,26). The van der Waals surface area contributed by atoms with Crippen LogP contribution < -0.4 is 14.5 Å². The normalized spacial score (nSPS) is 15.0. The van der Waals surface area contributed by atoms with Gasteiger partial charge in [0.2, 0.25) is 0 Å². The molecule has 0 aliphatic carbocycles. The highest BCUT2D eigenvalue weighted by Gasteiger charge is 2.21. The summed E-state index contributed by atoms with van der Waals surface area (Å²) in [4.78, 5) is 15.4. The largest absolute Gasteiger partial charge is 0.481 e. The fraction of sp³-hybridized carbons (Fsp3) is 0.409. The average Bonchev–Trinajstić information content (AvgIpc) is 3.25. The molecule has 0 saturated heterocycles. The van der Waals surface area contributed by atoms with Gasteiger partial charge in [-0.1, -0.05) is 12.1 Å². The van der Waals surface area contributed by atoms with Crippen LogP contribution >= 0.6 is 0 Å². The third-order valence-electron chi connectivity index (χ3n) is 5.53. The van der Waals surface area contributed by atoms with Gasteiger partial charge in [-0.15, -0.1) is 0 Å². The van der Waals surface area contributed by atoms with Crippen LogP contribution in [0.25, 0.3) is 0 Å². The van der Waals surface area contributed by atoms with Crippen LogP contribution in [0.15, 0.2) is 36.4 Å². The number of fused-ring (bicyclic) bond motifs is 2. The molecule has 1 N–H and O–H groups in total. The minimum Gasteiger partial charge on any atom is -0.481 e. The molecule has 0 saturated carbocycles.